The second-order valence-electron chi connectivity index (χ2n) is 10.7. The van der Waals surface area contributed by atoms with Crippen molar-refractivity contribution >= 4 is 29.0 Å². The summed E-state index contributed by atoms with van der Waals surface area (Å²) in [5, 5.41) is 22.6. The van der Waals surface area contributed by atoms with Crippen LogP contribution < -0.4 is 20.9 Å². The summed E-state index contributed by atoms with van der Waals surface area (Å²) in [7, 11) is 0. The fourth-order valence-electron chi connectivity index (χ4n) is 6.35. The Hall–Kier alpha value is -3.14. The highest BCUT2D eigenvalue weighted by molar-refractivity contribution is 5.83. The molecule has 0 aromatic carbocycles. The maximum Gasteiger partial charge on any atom is 0.246 e. The number of aromatic nitrogens is 5. The smallest absolute Gasteiger partial charge is 0.246 e. The van der Waals surface area contributed by atoms with Crippen LogP contribution in [0.2, 0.25) is 0 Å². The largest absolute Gasteiger partial charge is 0.352 e. The first-order valence-electron chi connectivity index (χ1n) is 13.2. The molecule has 10 heteroatoms. The van der Waals surface area contributed by atoms with Crippen LogP contribution in [0.5, 0.6) is 0 Å². The first-order valence-corrected chi connectivity index (χ1v) is 13.2. The van der Waals surface area contributed by atoms with Gasteiger partial charge in [-0.15, -0.1) is 5.10 Å². The minimum absolute atomic E-state index is 0.0141. The fourth-order valence-corrected chi connectivity index (χ4v) is 6.35. The predicted molar refractivity (Wildman–Crippen MR) is 133 cm³/mol. The van der Waals surface area contributed by atoms with Crippen LogP contribution in [0.25, 0.3) is 5.52 Å². The van der Waals surface area contributed by atoms with Crippen molar-refractivity contribution in [3.63, 3.8) is 0 Å². The van der Waals surface area contributed by atoms with Crippen molar-refractivity contribution in [2.45, 2.75) is 68.9 Å². The summed E-state index contributed by atoms with van der Waals surface area (Å²) >= 11 is 0. The molecule has 0 radical (unpaired) electrons. The lowest BCUT2D eigenvalue weighted by molar-refractivity contribution is -0.132. The molecule has 1 amide bonds. The second kappa shape index (κ2) is 8.22. The molecule has 184 valence electrons. The van der Waals surface area contributed by atoms with Gasteiger partial charge >= 0.3 is 0 Å². The van der Waals surface area contributed by atoms with E-state index in [4.69, 9.17) is 10.1 Å². The molecule has 2 saturated heterocycles. The van der Waals surface area contributed by atoms with Crippen molar-refractivity contribution in [2.24, 2.45) is 5.92 Å². The molecule has 35 heavy (non-hydrogen) atoms. The monoisotopic (exact) mass is 475 g/mol. The van der Waals surface area contributed by atoms with Gasteiger partial charge in [0.2, 0.25) is 11.9 Å². The summed E-state index contributed by atoms with van der Waals surface area (Å²) in [6.07, 6.45) is 10.6. The van der Waals surface area contributed by atoms with E-state index in [1.54, 1.807) is 0 Å². The molecule has 2 saturated carbocycles. The van der Waals surface area contributed by atoms with Crippen LogP contribution >= 0.6 is 0 Å². The first kappa shape index (κ1) is 21.2. The number of rotatable bonds is 6. The molecule has 4 fully saturated rings. The van der Waals surface area contributed by atoms with E-state index in [-0.39, 0.29) is 23.4 Å². The Morgan fingerprint density at radius 3 is 2.91 bits per heavy atom. The fraction of sp³-hybridized carbons (Fsp3) is 0.600. The number of carbonyl (C=O) groups is 1. The molecule has 2 aliphatic heterocycles. The number of nitrogens with zero attached hydrogens (tertiary/aromatic N) is 5. The molecule has 1 spiro atoms. The molecule has 4 N–H and O–H groups in total. The van der Waals surface area contributed by atoms with E-state index in [1.165, 1.54) is 18.5 Å². The lowest BCUT2D eigenvalue weighted by Crippen LogP contribution is -2.63. The van der Waals surface area contributed by atoms with Gasteiger partial charge in [-0.1, -0.05) is 0 Å². The highest BCUT2D eigenvalue weighted by atomic mass is 16.2. The van der Waals surface area contributed by atoms with E-state index in [0.29, 0.717) is 11.9 Å². The summed E-state index contributed by atoms with van der Waals surface area (Å²) in [5.41, 5.74) is 1.91. The standard InChI is InChI=1S/C25H33N9O/c35-23(27-17-4-1-11-26-15-17)18-8-10-25(18)9-3-12-33(25)24-29-22(20-5-2-13-34(20)32-24)28-21-14-19(30-31-21)16-6-7-16/h2,5,13-14,16-18,26H,1,3-4,6-12,15H2,(H,27,35)(H2,28,29,30,31,32). The van der Waals surface area contributed by atoms with Gasteiger partial charge in [0.1, 0.15) is 5.52 Å². The Morgan fingerprint density at radius 1 is 1.17 bits per heavy atom. The van der Waals surface area contributed by atoms with Crippen molar-refractivity contribution < 1.29 is 4.79 Å². The van der Waals surface area contributed by atoms with E-state index in [2.05, 4.69) is 37.1 Å². The normalized spacial score (nSPS) is 28.4. The number of hydrogen-bond acceptors (Lipinski definition) is 7. The number of aromatic amines is 1. The Kier molecular flexibility index (Phi) is 4.97. The van der Waals surface area contributed by atoms with E-state index < -0.39 is 0 Å². The van der Waals surface area contributed by atoms with E-state index >= 15 is 0 Å². The molecular weight excluding hydrogens is 442 g/mol. The molecule has 2 aliphatic carbocycles. The maximum absolute atomic E-state index is 13.3. The van der Waals surface area contributed by atoms with Crippen molar-refractivity contribution in [3.05, 3.63) is 30.1 Å². The zero-order chi connectivity index (χ0) is 23.4. The number of hydrogen-bond donors (Lipinski definition) is 4. The third-order valence-corrected chi connectivity index (χ3v) is 8.49. The molecule has 3 unspecified atom stereocenters. The van der Waals surface area contributed by atoms with Crippen LogP contribution in [0.4, 0.5) is 17.6 Å². The van der Waals surface area contributed by atoms with Crippen LogP contribution in [0, 0.1) is 5.92 Å². The number of nitrogens with one attached hydrogen (secondary N) is 4. The molecule has 5 heterocycles. The third kappa shape index (κ3) is 3.65. The summed E-state index contributed by atoms with van der Waals surface area (Å²) in [6.45, 7) is 2.78. The van der Waals surface area contributed by atoms with Gasteiger partial charge in [-0.05, 0) is 70.0 Å². The summed E-state index contributed by atoms with van der Waals surface area (Å²) in [4.78, 5) is 20.6. The molecular formula is C25H33N9O. The second-order valence-corrected chi connectivity index (χ2v) is 10.7. The number of piperidine rings is 1. The summed E-state index contributed by atoms with van der Waals surface area (Å²) < 4.78 is 1.88. The highest BCUT2D eigenvalue weighted by Crippen LogP contribution is 2.51. The maximum atomic E-state index is 13.3. The van der Waals surface area contributed by atoms with Gasteiger partial charge in [0.05, 0.1) is 11.5 Å². The average Bonchev–Trinajstić information content (AvgIpc) is 3.24. The quantitative estimate of drug-likeness (QED) is 0.433. The zero-order valence-corrected chi connectivity index (χ0v) is 20.0. The van der Waals surface area contributed by atoms with E-state index in [1.807, 2.05) is 22.8 Å². The van der Waals surface area contributed by atoms with Gasteiger partial charge in [-0.2, -0.15) is 10.1 Å². The molecule has 3 aromatic heterocycles. The lowest BCUT2D eigenvalue weighted by atomic mass is 9.64. The number of anilines is 3. The first-order chi connectivity index (χ1) is 17.2. The molecule has 7 rings (SSSR count). The van der Waals surface area contributed by atoms with Gasteiger partial charge < -0.3 is 20.9 Å². The van der Waals surface area contributed by atoms with Crippen molar-refractivity contribution in [2.75, 3.05) is 29.9 Å². The van der Waals surface area contributed by atoms with Gasteiger partial charge in [0.25, 0.3) is 0 Å². The third-order valence-electron chi connectivity index (χ3n) is 8.49. The van der Waals surface area contributed by atoms with Gasteiger partial charge in [-0.25, -0.2) is 4.52 Å². The highest BCUT2D eigenvalue weighted by Gasteiger charge is 2.57. The van der Waals surface area contributed by atoms with Gasteiger partial charge in [0.15, 0.2) is 11.6 Å². The molecule has 3 aromatic rings. The van der Waals surface area contributed by atoms with Crippen LogP contribution in [-0.4, -0.2) is 61.9 Å². The Labute approximate surface area is 204 Å². The zero-order valence-electron chi connectivity index (χ0n) is 20.0. The molecule has 3 atom stereocenters. The summed E-state index contributed by atoms with van der Waals surface area (Å²) in [6, 6.07) is 6.32. The summed E-state index contributed by atoms with van der Waals surface area (Å²) in [5.74, 6) is 3.00. The Bertz CT molecular complexity index is 1240. The Balaban J connectivity index is 1.16. The van der Waals surface area contributed by atoms with E-state index in [0.717, 1.165) is 75.3 Å². The van der Waals surface area contributed by atoms with Gasteiger partial charge in [0, 0.05) is 43.0 Å². The lowest BCUT2D eigenvalue weighted by Gasteiger charge is -2.51. The topological polar surface area (TPSA) is 115 Å². The number of amides is 1. The van der Waals surface area contributed by atoms with Crippen molar-refractivity contribution in [1.29, 1.82) is 0 Å². The number of H-pyrrole nitrogens is 1. The Morgan fingerprint density at radius 2 is 2.11 bits per heavy atom. The van der Waals surface area contributed by atoms with Gasteiger partial charge in [-0.3, -0.25) is 9.89 Å². The number of carbonyl (C=O) groups excluding carboxylic acids is 1. The van der Waals surface area contributed by atoms with Crippen LogP contribution in [-0.2, 0) is 4.79 Å². The SMILES string of the molecule is O=C(NC1CCCNC1)C1CCC12CCCN2c1nc(Nc2cc(C3CC3)[nH]n2)c2cccn2n1. The predicted octanol–water partition coefficient (Wildman–Crippen LogP) is 2.69. The molecule has 10 nitrogen and oxygen atoms in total. The average molecular weight is 476 g/mol. The van der Waals surface area contributed by atoms with Crippen LogP contribution in [0.1, 0.15) is 63.0 Å². The van der Waals surface area contributed by atoms with Crippen LogP contribution in [0.15, 0.2) is 24.4 Å². The minimum Gasteiger partial charge on any atom is -0.352 e. The molecule has 4 aliphatic rings. The van der Waals surface area contributed by atoms with Crippen LogP contribution in [0.3, 0.4) is 0 Å². The number of fused-ring (bicyclic) bond motifs is 1. The van der Waals surface area contributed by atoms with E-state index in [9.17, 15) is 4.79 Å². The molecule has 0 bridgehead atoms. The minimum atomic E-state index is -0.185. The van der Waals surface area contributed by atoms with Crippen molar-refractivity contribution in [1.82, 2.24) is 35.4 Å². The van der Waals surface area contributed by atoms with Crippen molar-refractivity contribution in [3.8, 4) is 0 Å².